The van der Waals surface area contributed by atoms with Gasteiger partial charge in [0.05, 0.1) is 29.0 Å². The summed E-state index contributed by atoms with van der Waals surface area (Å²) in [6.07, 6.45) is 0.766. The van der Waals surface area contributed by atoms with Crippen LogP contribution in [0.4, 0.5) is 5.69 Å². The largest absolute Gasteiger partial charge is 0.482 e. The summed E-state index contributed by atoms with van der Waals surface area (Å²) in [6.45, 7) is 1.18. The molecule has 0 atom stereocenters. The SMILES string of the molecule is O=C1COc2cccc(C(=O)N3CCc4ncsc4C3)c2N1. The number of anilines is 1. The molecule has 1 aromatic carbocycles. The summed E-state index contributed by atoms with van der Waals surface area (Å²) in [5.74, 6) is 0.207. The fourth-order valence-corrected chi connectivity index (χ4v) is 3.57. The van der Waals surface area contributed by atoms with Crippen LogP contribution in [0.1, 0.15) is 20.9 Å². The number of nitrogens with one attached hydrogen (secondary N) is 1. The lowest BCUT2D eigenvalue weighted by Gasteiger charge is -2.28. The topological polar surface area (TPSA) is 71.5 Å². The number of fused-ring (bicyclic) bond motifs is 2. The van der Waals surface area contributed by atoms with Crippen molar-refractivity contribution in [3.63, 3.8) is 0 Å². The zero-order valence-corrected chi connectivity index (χ0v) is 12.5. The van der Waals surface area contributed by atoms with Gasteiger partial charge in [-0.3, -0.25) is 9.59 Å². The van der Waals surface area contributed by atoms with Crippen molar-refractivity contribution >= 4 is 28.8 Å². The number of carbonyl (C=O) groups excluding carboxylic acids is 2. The van der Waals surface area contributed by atoms with Crippen LogP contribution in [-0.2, 0) is 17.8 Å². The minimum absolute atomic E-state index is 0.0153. The zero-order valence-electron chi connectivity index (χ0n) is 11.7. The molecule has 1 N–H and O–H groups in total. The van der Waals surface area contributed by atoms with Crippen molar-refractivity contribution < 1.29 is 14.3 Å². The molecular weight excluding hydrogens is 302 g/mol. The Balaban J connectivity index is 1.65. The van der Waals surface area contributed by atoms with Gasteiger partial charge >= 0.3 is 0 Å². The third-order valence-electron chi connectivity index (χ3n) is 3.85. The molecule has 4 rings (SSSR count). The number of amides is 2. The lowest BCUT2D eigenvalue weighted by molar-refractivity contribution is -0.118. The number of hydrogen-bond donors (Lipinski definition) is 1. The van der Waals surface area contributed by atoms with E-state index in [0.717, 1.165) is 17.0 Å². The average Bonchev–Trinajstić information content (AvgIpc) is 3.01. The maximum atomic E-state index is 12.8. The summed E-state index contributed by atoms with van der Waals surface area (Å²) in [4.78, 5) is 31.6. The Hall–Kier alpha value is -2.41. The van der Waals surface area contributed by atoms with E-state index in [1.165, 1.54) is 0 Å². The highest BCUT2D eigenvalue weighted by Crippen LogP contribution is 2.33. The van der Waals surface area contributed by atoms with Gasteiger partial charge in [-0.25, -0.2) is 4.98 Å². The Kier molecular flexibility index (Phi) is 3.07. The molecule has 7 heteroatoms. The fourth-order valence-electron chi connectivity index (χ4n) is 2.74. The van der Waals surface area contributed by atoms with Crippen LogP contribution in [0.3, 0.4) is 0 Å². The van der Waals surface area contributed by atoms with Crippen molar-refractivity contribution in [3.8, 4) is 5.75 Å². The molecule has 0 fully saturated rings. The molecule has 0 aliphatic carbocycles. The number of nitrogens with zero attached hydrogens (tertiary/aromatic N) is 2. The van der Waals surface area contributed by atoms with Gasteiger partial charge in [0, 0.05) is 17.8 Å². The van der Waals surface area contributed by atoms with E-state index in [1.807, 2.05) is 5.51 Å². The maximum absolute atomic E-state index is 12.8. The number of rotatable bonds is 1. The monoisotopic (exact) mass is 315 g/mol. The lowest BCUT2D eigenvalue weighted by Crippen LogP contribution is -2.36. The van der Waals surface area contributed by atoms with Gasteiger partial charge in [-0.05, 0) is 12.1 Å². The third-order valence-corrected chi connectivity index (χ3v) is 4.71. The number of thiazole rings is 1. The number of para-hydroxylation sites is 1. The van der Waals surface area contributed by atoms with Crippen LogP contribution in [0.5, 0.6) is 5.75 Å². The third kappa shape index (κ3) is 2.14. The van der Waals surface area contributed by atoms with E-state index >= 15 is 0 Å². The van der Waals surface area contributed by atoms with E-state index in [2.05, 4.69) is 10.3 Å². The minimum atomic E-state index is -0.240. The van der Waals surface area contributed by atoms with Crippen molar-refractivity contribution in [2.75, 3.05) is 18.5 Å². The van der Waals surface area contributed by atoms with E-state index in [-0.39, 0.29) is 18.4 Å². The first-order valence-electron chi connectivity index (χ1n) is 6.98. The molecule has 0 saturated carbocycles. The molecule has 0 spiro atoms. The number of hydrogen-bond acceptors (Lipinski definition) is 5. The highest BCUT2D eigenvalue weighted by atomic mass is 32.1. The molecular formula is C15H13N3O3S. The van der Waals surface area contributed by atoms with Crippen LogP contribution in [0.25, 0.3) is 0 Å². The van der Waals surface area contributed by atoms with E-state index in [1.54, 1.807) is 34.4 Å². The minimum Gasteiger partial charge on any atom is -0.482 e. The molecule has 0 saturated heterocycles. The Morgan fingerprint density at radius 3 is 3.23 bits per heavy atom. The Bertz CT molecular complexity index is 771. The van der Waals surface area contributed by atoms with E-state index < -0.39 is 0 Å². The van der Waals surface area contributed by atoms with E-state index in [9.17, 15) is 9.59 Å². The predicted octanol–water partition coefficient (Wildman–Crippen LogP) is 1.67. The summed E-state index contributed by atoms with van der Waals surface area (Å²) in [5, 5.41) is 2.74. The first-order chi connectivity index (χ1) is 10.7. The molecule has 2 aliphatic heterocycles. The second kappa shape index (κ2) is 5.10. The summed E-state index contributed by atoms with van der Waals surface area (Å²) in [6, 6.07) is 5.24. The van der Waals surface area contributed by atoms with Crippen LogP contribution in [0, 0.1) is 0 Å². The van der Waals surface area contributed by atoms with Crippen molar-refractivity contribution in [2.45, 2.75) is 13.0 Å². The average molecular weight is 315 g/mol. The molecule has 3 heterocycles. The Morgan fingerprint density at radius 1 is 1.41 bits per heavy atom. The molecule has 6 nitrogen and oxygen atoms in total. The fraction of sp³-hybridized carbons (Fsp3) is 0.267. The number of ether oxygens (including phenoxy) is 1. The molecule has 1 aromatic heterocycles. The van der Waals surface area contributed by atoms with Crippen LogP contribution >= 0.6 is 11.3 Å². The van der Waals surface area contributed by atoms with Gasteiger partial charge in [0.1, 0.15) is 5.75 Å². The molecule has 0 bridgehead atoms. The summed E-state index contributed by atoms with van der Waals surface area (Å²) in [7, 11) is 0. The second-order valence-electron chi connectivity index (χ2n) is 5.21. The number of carbonyl (C=O) groups is 2. The van der Waals surface area contributed by atoms with Crippen LogP contribution in [0.2, 0.25) is 0 Å². The molecule has 0 radical (unpaired) electrons. The van der Waals surface area contributed by atoms with Gasteiger partial charge in [-0.15, -0.1) is 11.3 Å². The summed E-state index contributed by atoms with van der Waals surface area (Å²) >= 11 is 1.57. The van der Waals surface area contributed by atoms with Gasteiger partial charge < -0.3 is 15.0 Å². The van der Waals surface area contributed by atoms with Crippen LogP contribution in [-0.4, -0.2) is 34.8 Å². The first-order valence-corrected chi connectivity index (χ1v) is 7.86. The molecule has 2 aliphatic rings. The highest BCUT2D eigenvalue weighted by Gasteiger charge is 2.28. The quantitative estimate of drug-likeness (QED) is 0.869. The predicted molar refractivity (Wildman–Crippen MR) is 81.1 cm³/mol. The normalized spacial score (nSPS) is 16.4. The highest BCUT2D eigenvalue weighted by molar-refractivity contribution is 7.09. The second-order valence-corrected chi connectivity index (χ2v) is 6.15. The van der Waals surface area contributed by atoms with Gasteiger partial charge in [0.15, 0.2) is 6.61 Å². The summed E-state index contributed by atoms with van der Waals surface area (Å²) in [5.41, 5.74) is 3.84. The molecule has 2 aromatic rings. The zero-order chi connectivity index (χ0) is 15.1. The molecule has 2 amide bonds. The molecule has 22 heavy (non-hydrogen) atoms. The number of benzene rings is 1. The van der Waals surface area contributed by atoms with E-state index in [0.29, 0.717) is 30.1 Å². The van der Waals surface area contributed by atoms with Gasteiger partial charge in [-0.1, -0.05) is 6.07 Å². The number of aromatic nitrogens is 1. The van der Waals surface area contributed by atoms with Crippen LogP contribution < -0.4 is 10.1 Å². The van der Waals surface area contributed by atoms with Crippen LogP contribution in [0.15, 0.2) is 23.7 Å². The Labute approximate surface area is 130 Å². The molecule has 0 unspecified atom stereocenters. The van der Waals surface area contributed by atoms with Crippen molar-refractivity contribution in [2.24, 2.45) is 0 Å². The van der Waals surface area contributed by atoms with Crippen molar-refractivity contribution in [3.05, 3.63) is 39.8 Å². The molecule has 112 valence electrons. The Morgan fingerprint density at radius 2 is 2.32 bits per heavy atom. The van der Waals surface area contributed by atoms with Gasteiger partial charge in [-0.2, -0.15) is 0 Å². The summed E-state index contributed by atoms with van der Waals surface area (Å²) < 4.78 is 5.37. The lowest BCUT2D eigenvalue weighted by atomic mass is 10.1. The van der Waals surface area contributed by atoms with Gasteiger partial charge in [0.25, 0.3) is 11.8 Å². The standard InChI is InChI=1S/C15H13N3O3S/c19-13-7-21-11-3-1-2-9(14(11)17-13)15(20)18-5-4-10-12(6-18)22-8-16-10/h1-3,8H,4-7H2,(H,17,19). The maximum Gasteiger partial charge on any atom is 0.262 e. The smallest absolute Gasteiger partial charge is 0.262 e. The van der Waals surface area contributed by atoms with Crippen molar-refractivity contribution in [1.29, 1.82) is 0 Å². The first kappa shape index (κ1) is 13.3. The van der Waals surface area contributed by atoms with Crippen molar-refractivity contribution in [1.82, 2.24) is 9.88 Å². The van der Waals surface area contributed by atoms with E-state index in [4.69, 9.17) is 4.74 Å². The van der Waals surface area contributed by atoms with Gasteiger partial charge in [0.2, 0.25) is 0 Å².